The maximum atomic E-state index is 5.57. The molecule has 6 heteroatoms. The topological polar surface area (TPSA) is 81.7 Å². The summed E-state index contributed by atoms with van der Waals surface area (Å²) in [6.07, 6.45) is 0. The fourth-order valence-electron chi connectivity index (χ4n) is 2.05. The van der Waals surface area contributed by atoms with Crippen LogP contribution in [-0.2, 0) is 0 Å². The lowest BCUT2D eigenvalue weighted by atomic mass is 10.2. The first-order valence-electron chi connectivity index (χ1n) is 6.75. The summed E-state index contributed by atoms with van der Waals surface area (Å²) in [4.78, 5) is 9.11. The van der Waals surface area contributed by atoms with Crippen LogP contribution in [0.25, 0.3) is 5.82 Å². The van der Waals surface area contributed by atoms with E-state index in [4.69, 9.17) is 5.84 Å². The second kappa shape index (κ2) is 5.20. The first-order chi connectivity index (χ1) is 9.36. The molecule has 0 amide bonds. The predicted molar refractivity (Wildman–Crippen MR) is 80.0 cm³/mol. The van der Waals surface area contributed by atoms with E-state index in [9.17, 15) is 0 Å². The highest BCUT2D eigenvalue weighted by Gasteiger charge is 2.17. The lowest BCUT2D eigenvalue weighted by Gasteiger charge is -2.14. The summed E-state index contributed by atoms with van der Waals surface area (Å²) in [6.45, 7) is 12.2. The van der Waals surface area contributed by atoms with E-state index in [1.54, 1.807) is 0 Å². The number of aromatic nitrogens is 4. The van der Waals surface area contributed by atoms with Gasteiger partial charge in [-0.25, -0.2) is 20.5 Å². The van der Waals surface area contributed by atoms with Crippen molar-refractivity contribution in [3.8, 4) is 5.82 Å². The SMILES string of the molecule is Cc1nn(-c2nc(C(C)C)nc(NN)c2C)c(C)c1C. The molecule has 20 heavy (non-hydrogen) atoms. The molecule has 2 aromatic rings. The molecule has 0 unspecified atom stereocenters. The summed E-state index contributed by atoms with van der Waals surface area (Å²) < 4.78 is 1.87. The summed E-state index contributed by atoms with van der Waals surface area (Å²) in [5, 5.41) is 4.57. The Kier molecular flexibility index (Phi) is 3.76. The van der Waals surface area contributed by atoms with E-state index in [0.717, 1.165) is 28.6 Å². The van der Waals surface area contributed by atoms with Gasteiger partial charge in [0.05, 0.1) is 5.69 Å². The second-order valence-corrected chi connectivity index (χ2v) is 5.39. The Morgan fingerprint density at radius 1 is 1.05 bits per heavy atom. The van der Waals surface area contributed by atoms with Crippen molar-refractivity contribution in [2.45, 2.75) is 47.5 Å². The number of hydrogen-bond donors (Lipinski definition) is 2. The molecule has 0 saturated heterocycles. The average molecular weight is 274 g/mol. The van der Waals surface area contributed by atoms with Crippen molar-refractivity contribution in [2.75, 3.05) is 5.43 Å². The number of nitrogen functional groups attached to an aromatic ring is 1. The molecule has 0 aliphatic rings. The molecule has 0 bridgehead atoms. The Balaban J connectivity index is 2.72. The Morgan fingerprint density at radius 2 is 1.70 bits per heavy atom. The molecule has 0 aliphatic carbocycles. The fraction of sp³-hybridized carbons (Fsp3) is 0.500. The number of nitrogens with zero attached hydrogens (tertiary/aromatic N) is 4. The molecule has 3 N–H and O–H groups in total. The van der Waals surface area contributed by atoms with Crippen molar-refractivity contribution >= 4 is 5.82 Å². The predicted octanol–water partition coefficient (Wildman–Crippen LogP) is 2.30. The van der Waals surface area contributed by atoms with E-state index in [0.29, 0.717) is 5.82 Å². The van der Waals surface area contributed by atoms with E-state index in [-0.39, 0.29) is 5.92 Å². The van der Waals surface area contributed by atoms with Gasteiger partial charge >= 0.3 is 0 Å². The summed E-state index contributed by atoms with van der Waals surface area (Å²) >= 11 is 0. The zero-order chi connectivity index (χ0) is 15.0. The molecule has 0 saturated carbocycles. The van der Waals surface area contributed by atoms with E-state index >= 15 is 0 Å². The minimum absolute atomic E-state index is 0.222. The zero-order valence-corrected chi connectivity index (χ0v) is 12.9. The van der Waals surface area contributed by atoms with Crippen molar-refractivity contribution in [1.29, 1.82) is 0 Å². The molecule has 0 aliphatic heterocycles. The minimum Gasteiger partial charge on any atom is -0.308 e. The molecular weight excluding hydrogens is 252 g/mol. The van der Waals surface area contributed by atoms with Crippen molar-refractivity contribution in [2.24, 2.45) is 5.84 Å². The van der Waals surface area contributed by atoms with Gasteiger partial charge in [0.2, 0.25) is 0 Å². The summed E-state index contributed by atoms with van der Waals surface area (Å²) in [6, 6.07) is 0. The van der Waals surface area contributed by atoms with Crippen molar-refractivity contribution in [3.63, 3.8) is 0 Å². The van der Waals surface area contributed by atoms with Gasteiger partial charge in [-0.3, -0.25) is 0 Å². The van der Waals surface area contributed by atoms with Crippen molar-refractivity contribution in [3.05, 3.63) is 28.3 Å². The van der Waals surface area contributed by atoms with Crippen LogP contribution in [0, 0.1) is 27.7 Å². The van der Waals surface area contributed by atoms with Gasteiger partial charge in [0.1, 0.15) is 11.6 Å². The number of rotatable bonds is 3. The molecule has 0 radical (unpaired) electrons. The Hall–Kier alpha value is -1.95. The van der Waals surface area contributed by atoms with Crippen molar-refractivity contribution < 1.29 is 0 Å². The fourth-order valence-corrected chi connectivity index (χ4v) is 2.05. The molecular formula is C14H22N6. The highest BCUT2D eigenvalue weighted by Crippen LogP contribution is 2.24. The zero-order valence-electron chi connectivity index (χ0n) is 12.9. The molecule has 0 spiro atoms. The monoisotopic (exact) mass is 274 g/mol. The van der Waals surface area contributed by atoms with E-state index < -0.39 is 0 Å². The van der Waals surface area contributed by atoms with Gasteiger partial charge in [-0.2, -0.15) is 5.10 Å². The maximum Gasteiger partial charge on any atom is 0.162 e. The van der Waals surface area contributed by atoms with E-state index in [1.807, 2.05) is 25.5 Å². The van der Waals surface area contributed by atoms with Gasteiger partial charge in [0, 0.05) is 17.2 Å². The smallest absolute Gasteiger partial charge is 0.162 e. The Bertz CT molecular complexity index is 642. The number of hydrazine groups is 1. The Labute approximate surface area is 119 Å². The number of anilines is 1. The van der Waals surface area contributed by atoms with Crippen LogP contribution in [0.2, 0.25) is 0 Å². The second-order valence-electron chi connectivity index (χ2n) is 5.39. The maximum absolute atomic E-state index is 5.57. The largest absolute Gasteiger partial charge is 0.308 e. The molecule has 6 nitrogen and oxygen atoms in total. The van der Waals surface area contributed by atoms with Crippen LogP contribution in [0.15, 0.2) is 0 Å². The van der Waals surface area contributed by atoms with E-state index in [2.05, 4.69) is 41.3 Å². The van der Waals surface area contributed by atoms with Gasteiger partial charge in [0.25, 0.3) is 0 Å². The van der Waals surface area contributed by atoms with Crippen LogP contribution in [0.1, 0.15) is 48.1 Å². The quantitative estimate of drug-likeness (QED) is 0.663. The molecule has 0 fully saturated rings. The van der Waals surface area contributed by atoms with Gasteiger partial charge in [0.15, 0.2) is 5.82 Å². The highest BCUT2D eigenvalue weighted by molar-refractivity contribution is 5.51. The van der Waals surface area contributed by atoms with Crippen LogP contribution < -0.4 is 11.3 Å². The first kappa shape index (κ1) is 14.5. The number of nitrogens with one attached hydrogen (secondary N) is 1. The summed E-state index contributed by atoms with van der Waals surface area (Å²) in [5.74, 6) is 7.97. The lowest BCUT2D eigenvalue weighted by Crippen LogP contribution is -2.16. The van der Waals surface area contributed by atoms with Gasteiger partial charge in [-0.05, 0) is 33.3 Å². The molecule has 2 heterocycles. The standard InChI is InChI=1S/C14H22N6/c1-7(2)12-16-13(18-15)9(4)14(17-12)20-11(6)8(3)10(5)19-20/h7H,15H2,1-6H3,(H,16,17,18). The third kappa shape index (κ3) is 2.27. The Morgan fingerprint density at radius 3 is 2.15 bits per heavy atom. The molecule has 0 atom stereocenters. The number of nitrogens with two attached hydrogens (primary N) is 1. The van der Waals surface area contributed by atoms with Gasteiger partial charge in [-0.1, -0.05) is 13.8 Å². The third-order valence-electron chi connectivity index (χ3n) is 3.64. The van der Waals surface area contributed by atoms with Crippen LogP contribution in [0.5, 0.6) is 0 Å². The summed E-state index contributed by atoms with van der Waals surface area (Å²) in [5.41, 5.74) is 6.81. The molecule has 0 aromatic carbocycles. The van der Waals surface area contributed by atoms with E-state index in [1.165, 1.54) is 5.56 Å². The van der Waals surface area contributed by atoms with Crippen LogP contribution in [-0.4, -0.2) is 19.7 Å². The lowest BCUT2D eigenvalue weighted by molar-refractivity contribution is 0.730. The number of hydrogen-bond acceptors (Lipinski definition) is 5. The average Bonchev–Trinajstić information content (AvgIpc) is 2.66. The molecule has 2 rings (SSSR count). The van der Waals surface area contributed by atoms with Gasteiger partial charge in [-0.15, -0.1) is 0 Å². The minimum atomic E-state index is 0.222. The van der Waals surface area contributed by atoms with Crippen LogP contribution >= 0.6 is 0 Å². The third-order valence-corrected chi connectivity index (χ3v) is 3.64. The van der Waals surface area contributed by atoms with Crippen LogP contribution in [0.3, 0.4) is 0 Å². The van der Waals surface area contributed by atoms with Crippen molar-refractivity contribution in [1.82, 2.24) is 19.7 Å². The number of aryl methyl sites for hydroxylation is 1. The first-order valence-corrected chi connectivity index (χ1v) is 6.75. The van der Waals surface area contributed by atoms with Gasteiger partial charge < -0.3 is 5.43 Å². The molecule has 2 aromatic heterocycles. The highest BCUT2D eigenvalue weighted by atomic mass is 15.3. The van der Waals surface area contributed by atoms with Crippen LogP contribution in [0.4, 0.5) is 5.82 Å². The normalized spacial score (nSPS) is 11.2. The molecule has 108 valence electrons. The summed E-state index contributed by atoms with van der Waals surface area (Å²) in [7, 11) is 0.